The van der Waals surface area contributed by atoms with Crippen molar-refractivity contribution < 1.29 is 4.74 Å². The van der Waals surface area contributed by atoms with E-state index >= 15 is 0 Å². The average molecular weight is 325 g/mol. The third kappa shape index (κ3) is 2.55. The number of rotatable bonds is 2. The molecule has 0 bridgehead atoms. The number of benzene rings is 2. The number of fused-ring (bicyclic) bond motifs is 1. The SMILES string of the molecule is Clc1ccc(Oc2cccc3ccnc(Cl)c23)cc1Cl. The van der Waals surface area contributed by atoms with Crippen molar-refractivity contribution in [2.45, 2.75) is 0 Å². The molecule has 2 nitrogen and oxygen atoms in total. The van der Waals surface area contributed by atoms with Crippen molar-refractivity contribution in [3.05, 3.63) is 63.9 Å². The van der Waals surface area contributed by atoms with Crippen molar-refractivity contribution in [3.8, 4) is 11.5 Å². The van der Waals surface area contributed by atoms with Crippen LogP contribution in [0.25, 0.3) is 10.8 Å². The lowest BCUT2D eigenvalue weighted by Crippen LogP contribution is -1.88. The van der Waals surface area contributed by atoms with Gasteiger partial charge in [0.05, 0.1) is 15.4 Å². The molecule has 20 heavy (non-hydrogen) atoms. The van der Waals surface area contributed by atoms with Crippen molar-refractivity contribution in [1.82, 2.24) is 4.98 Å². The van der Waals surface area contributed by atoms with Crippen molar-refractivity contribution in [2.75, 3.05) is 0 Å². The lowest BCUT2D eigenvalue weighted by molar-refractivity contribution is 0.488. The van der Waals surface area contributed by atoms with Crippen molar-refractivity contribution in [2.24, 2.45) is 0 Å². The summed E-state index contributed by atoms with van der Waals surface area (Å²) in [5.41, 5.74) is 0. The average Bonchev–Trinajstić information content (AvgIpc) is 2.43. The highest BCUT2D eigenvalue weighted by atomic mass is 35.5. The molecule has 0 aliphatic heterocycles. The summed E-state index contributed by atoms with van der Waals surface area (Å²) < 4.78 is 5.84. The molecule has 0 aliphatic rings. The molecular weight excluding hydrogens is 317 g/mol. The van der Waals surface area contributed by atoms with Gasteiger partial charge in [-0.1, -0.05) is 46.9 Å². The fraction of sp³-hybridized carbons (Fsp3) is 0. The second-order valence-corrected chi connectivity index (χ2v) is 5.31. The van der Waals surface area contributed by atoms with Gasteiger partial charge in [-0.25, -0.2) is 4.98 Å². The van der Waals surface area contributed by atoms with Gasteiger partial charge >= 0.3 is 0 Å². The van der Waals surface area contributed by atoms with E-state index in [1.54, 1.807) is 24.4 Å². The first-order valence-corrected chi connectivity index (χ1v) is 6.94. The molecule has 0 spiro atoms. The van der Waals surface area contributed by atoms with Gasteiger partial charge in [0, 0.05) is 12.3 Å². The van der Waals surface area contributed by atoms with E-state index < -0.39 is 0 Å². The Morgan fingerprint density at radius 3 is 2.55 bits per heavy atom. The number of ether oxygens (including phenoxy) is 1. The van der Waals surface area contributed by atoms with Crippen LogP contribution in [0.1, 0.15) is 0 Å². The van der Waals surface area contributed by atoms with Crippen LogP contribution in [-0.2, 0) is 0 Å². The van der Waals surface area contributed by atoms with Crippen LogP contribution >= 0.6 is 34.8 Å². The second-order valence-electron chi connectivity index (χ2n) is 4.13. The first kappa shape index (κ1) is 13.5. The van der Waals surface area contributed by atoms with Gasteiger partial charge in [0.1, 0.15) is 16.7 Å². The Bertz CT molecular complexity index is 784. The van der Waals surface area contributed by atoms with Crippen molar-refractivity contribution in [3.63, 3.8) is 0 Å². The van der Waals surface area contributed by atoms with E-state index in [1.165, 1.54) is 0 Å². The van der Waals surface area contributed by atoms with Crippen LogP contribution < -0.4 is 4.74 Å². The molecule has 3 aromatic rings. The van der Waals surface area contributed by atoms with Crippen LogP contribution in [0.15, 0.2) is 48.7 Å². The summed E-state index contributed by atoms with van der Waals surface area (Å²) in [6, 6.07) is 12.6. The molecule has 5 heteroatoms. The van der Waals surface area contributed by atoms with Crippen LogP contribution in [0.2, 0.25) is 15.2 Å². The normalized spacial score (nSPS) is 10.8. The van der Waals surface area contributed by atoms with Gasteiger partial charge in [0.15, 0.2) is 0 Å². The first-order chi connectivity index (χ1) is 9.65. The Labute approximate surface area is 130 Å². The first-order valence-electron chi connectivity index (χ1n) is 5.81. The van der Waals surface area contributed by atoms with Crippen LogP contribution in [0.5, 0.6) is 11.5 Å². The minimum atomic E-state index is 0.401. The second kappa shape index (κ2) is 5.49. The fourth-order valence-corrected chi connectivity index (χ4v) is 2.45. The van der Waals surface area contributed by atoms with Crippen LogP contribution in [0, 0.1) is 0 Å². The highest BCUT2D eigenvalue weighted by Gasteiger charge is 2.09. The molecule has 0 atom stereocenters. The number of halogens is 3. The topological polar surface area (TPSA) is 22.1 Å². The van der Waals surface area contributed by atoms with E-state index in [0.717, 1.165) is 10.8 Å². The van der Waals surface area contributed by atoms with Crippen LogP contribution in [-0.4, -0.2) is 4.98 Å². The van der Waals surface area contributed by atoms with E-state index in [0.29, 0.717) is 26.7 Å². The van der Waals surface area contributed by atoms with E-state index in [4.69, 9.17) is 39.5 Å². The smallest absolute Gasteiger partial charge is 0.140 e. The molecule has 0 N–H and O–H groups in total. The molecule has 0 fully saturated rings. The Hall–Kier alpha value is -1.48. The molecule has 0 aliphatic carbocycles. The maximum Gasteiger partial charge on any atom is 0.140 e. The molecule has 1 aromatic heterocycles. The van der Waals surface area contributed by atoms with Gasteiger partial charge in [-0.15, -0.1) is 0 Å². The van der Waals surface area contributed by atoms with Gasteiger partial charge in [-0.2, -0.15) is 0 Å². The van der Waals surface area contributed by atoms with Gasteiger partial charge in [0.2, 0.25) is 0 Å². The number of nitrogens with zero attached hydrogens (tertiary/aromatic N) is 1. The molecule has 2 aromatic carbocycles. The maximum atomic E-state index is 6.15. The molecule has 0 amide bonds. The lowest BCUT2D eigenvalue weighted by atomic mass is 10.1. The lowest BCUT2D eigenvalue weighted by Gasteiger charge is -2.10. The Balaban J connectivity index is 2.08. The molecule has 0 saturated carbocycles. The Kier molecular flexibility index (Phi) is 3.70. The maximum absolute atomic E-state index is 6.15. The monoisotopic (exact) mass is 323 g/mol. The van der Waals surface area contributed by atoms with E-state index in [1.807, 2.05) is 24.3 Å². The molecule has 0 radical (unpaired) electrons. The summed E-state index contributed by atoms with van der Waals surface area (Å²) in [6.45, 7) is 0. The van der Waals surface area contributed by atoms with Gasteiger partial charge in [-0.05, 0) is 29.7 Å². The largest absolute Gasteiger partial charge is 0.457 e. The molecule has 1 heterocycles. The zero-order valence-corrected chi connectivity index (χ0v) is 12.4. The van der Waals surface area contributed by atoms with E-state index in [9.17, 15) is 0 Å². The van der Waals surface area contributed by atoms with Gasteiger partial charge in [0.25, 0.3) is 0 Å². The van der Waals surface area contributed by atoms with E-state index in [-0.39, 0.29) is 0 Å². The number of hydrogen-bond donors (Lipinski definition) is 0. The fourth-order valence-electron chi connectivity index (χ4n) is 1.91. The predicted octanol–water partition coefficient (Wildman–Crippen LogP) is 5.99. The minimum Gasteiger partial charge on any atom is -0.457 e. The van der Waals surface area contributed by atoms with Crippen LogP contribution in [0.3, 0.4) is 0 Å². The zero-order chi connectivity index (χ0) is 14.1. The summed E-state index contributed by atoms with van der Waals surface area (Å²) in [7, 11) is 0. The third-order valence-electron chi connectivity index (χ3n) is 2.83. The standard InChI is InChI=1S/C15H8Cl3NO/c16-11-5-4-10(8-12(11)17)20-13-3-1-2-9-6-7-19-15(18)14(9)13/h1-8H. The number of pyridine rings is 1. The summed E-state index contributed by atoms with van der Waals surface area (Å²) in [5, 5.41) is 3.05. The summed E-state index contributed by atoms with van der Waals surface area (Å²) >= 11 is 18.0. The zero-order valence-electron chi connectivity index (χ0n) is 10.1. The Morgan fingerprint density at radius 2 is 1.75 bits per heavy atom. The van der Waals surface area contributed by atoms with E-state index in [2.05, 4.69) is 4.98 Å². The summed E-state index contributed by atoms with van der Waals surface area (Å²) in [4.78, 5) is 4.08. The number of aromatic nitrogens is 1. The quantitative estimate of drug-likeness (QED) is 0.540. The van der Waals surface area contributed by atoms with Crippen LogP contribution in [0.4, 0.5) is 0 Å². The minimum absolute atomic E-state index is 0.401. The Morgan fingerprint density at radius 1 is 0.900 bits per heavy atom. The van der Waals surface area contributed by atoms with Crippen molar-refractivity contribution >= 4 is 45.6 Å². The molecule has 3 rings (SSSR count). The summed E-state index contributed by atoms with van der Waals surface area (Å²) in [6.07, 6.45) is 1.66. The van der Waals surface area contributed by atoms with Gasteiger partial charge < -0.3 is 4.74 Å². The van der Waals surface area contributed by atoms with Crippen molar-refractivity contribution in [1.29, 1.82) is 0 Å². The highest BCUT2D eigenvalue weighted by Crippen LogP contribution is 2.35. The molecule has 0 saturated heterocycles. The molecule has 0 unspecified atom stereocenters. The predicted molar refractivity (Wildman–Crippen MR) is 83.3 cm³/mol. The highest BCUT2D eigenvalue weighted by molar-refractivity contribution is 6.42. The third-order valence-corrected chi connectivity index (χ3v) is 3.85. The number of hydrogen-bond acceptors (Lipinski definition) is 2. The summed E-state index contributed by atoms with van der Waals surface area (Å²) in [5.74, 6) is 1.21. The molecular formula is C15H8Cl3NO. The van der Waals surface area contributed by atoms with Gasteiger partial charge in [-0.3, -0.25) is 0 Å². The molecule has 100 valence electrons.